The van der Waals surface area contributed by atoms with E-state index >= 15 is 0 Å². The van der Waals surface area contributed by atoms with Gasteiger partial charge in [0.1, 0.15) is 5.75 Å². The van der Waals surface area contributed by atoms with Gasteiger partial charge in [0, 0.05) is 18.6 Å². The van der Waals surface area contributed by atoms with Gasteiger partial charge in [-0.3, -0.25) is 4.79 Å². The van der Waals surface area contributed by atoms with Crippen LogP contribution >= 0.6 is 11.6 Å². The lowest BCUT2D eigenvalue weighted by atomic mass is 10.1. The molecule has 0 saturated carbocycles. The molecule has 19 heavy (non-hydrogen) atoms. The summed E-state index contributed by atoms with van der Waals surface area (Å²) < 4.78 is 5.69. The van der Waals surface area contributed by atoms with Gasteiger partial charge in [-0.15, -0.1) is 0 Å². The van der Waals surface area contributed by atoms with E-state index in [-0.39, 0.29) is 12.5 Å². The van der Waals surface area contributed by atoms with E-state index in [0.717, 1.165) is 0 Å². The SMILES string of the molecule is CC(O)CN(C)C(=O)C(C)(C)Oc1ccc(Cl)cc1. The monoisotopic (exact) mass is 285 g/mol. The van der Waals surface area contributed by atoms with Crippen molar-refractivity contribution in [3.05, 3.63) is 29.3 Å². The van der Waals surface area contributed by atoms with Gasteiger partial charge in [-0.1, -0.05) is 11.6 Å². The number of ether oxygens (including phenoxy) is 1. The molecule has 4 nitrogen and oxygen atoms in total. The third-order valence-electron chi connectivity index (χ3n) is 2.59. The van der Waals surface area contributed by atoms with E-state index in [2.05, 4.69) is 0 Å². The topological polar surface area (TPSA) is 49.8 Å². The van der Waals surface area contributed by atoms with Gasteiger partial charge < -0.3 is 14.7 Å². The molecule has 0 aliphatic heterocycles. The first-order chi connectivity index (χ1) is 8.72. The van der Waals surface area contributed by atoms with Crippen molar-refractivity contribution in [2.75, 3.05) is 13.6 Å². The first kappa shape index (κ1) is 15.8. The summed E-state index contributed by atoms with van der Waals surface area (Å²) in [5.41, 5.74) is -1.00. The van der Waals surface area contributed by atoms with Gasteiger partial charge in [-0.25, -0.2) is 0 Å². The zero-order valence-electron chi connectivity index (χ0n) is 11.7. The standard InChI is InChI=1S/C14H20ClNO3/c1-10(17)9-16(4)13(18)14(2,3)19-12-7-5-11(15)6-8-12/h5-8,10,17H,9H2,1-4H3. The first-order valence-electron chi connectivity index (χ1n) is 6.10. The van der Waals surface area contributed by atoms with Gasteiger partial charge >= 0.3 is 0 Å². The van der Waals surface area contributed by atoms with Crippen LogP contribution in [0.2, 0.25) is 5.02 Å². The quantitative estimate of drug-likeness (QED) is 0.903. The Hall–Kier alpha value is -1.26. The summed E-state index contributed by atoms with van der Waals surface area (Å²) in [4.78, 5) is 13.7. The number of rotatable bonds is 5. The van der Waals surface area contributed by atoms with Crippen molar-refractivity contribution in [3.8, 4) is 5.75 Å². The second kappa shape index (κ2) is 6.26. The molecule has 5 heteroatoms. The lowest BCUT2D eigenvalue weighted by Gasteiger charge is -2.30. The molecule has 1 aromatic carbocycles. The van der Waals surface area contributed by atoms with E-state index in [9.17, 15) is 9.90 Å². The molecule has 0 spiro atoms. The summed E-state index contributed by atoms with van der Waals surface area (Å²) in [5, 5.41) is 9.92. The third-order valence-corrected chi connectivity index (χ3v) is 2.84. The highest BCUT2D eigenvalue weighted by atomic mass is 35.5. The highest BCUT2D eigenvalue weighted by molar-refractivity contribution is 6.30. The van der Waals surface area contributed by atoms with E-state index in [4.69, 9.17) is 16.3 Å². The summed E-state index contributed by atoms with van der Waals surface area (Å²) in [6.07, 6.45) is -0.569. The number of aliphatic hydroxyl groups excluding tert-OH is 1. The van der Waals surface area contributed by atoms with Crippen molar-refractivity contribution in [1.29, 1.82) is 0 Å². The maximum atomic E-state index is 12.2. The van der Waals surface area contributed by atoms with Crippen molar-refractivity contribution in [2.24, 2.45) is 0 Å². The van der Waals surface area contributed by atoms with Gasteiger partial charge in [-0.2, -0.15) is 0 Å². The van der Waals surface area contributed by atoms with E-state index in [1.807, 2.05) is 0 Å². The Morgan fingerprint density at radius 2 is 1.95 bits per heavy atom. The van der Waals surface area contributed by atoms with Crippen molar-refractivity contribution < 1.29 is 14.6 Å². The molecule has 0 aliphatic rings. The van der Waals surface area contributed by atoms with Crippen LogP contribution < -0.4 is 4.74 Å². The minimum absolute atomic E-state index is 0.191. The molecule has 106 valence electrons. The summed E-state index contributed by atoms with van der Waals surface area (Å²) >= 11 is 5.79. The summed E-state index contributed by atoms with van der Waals surface area (Å²) in [5.74, 6) is 0.386. The van der Waals surface area contributed by atoms with E-state index < -0.39 is 11.7 Å². The lowest BCUT2D eigenvalue weighted by Crippen LogP contribution is -2.49. The fourth-order valence-electron chi connectivity index (χ4n) is 1.78. The predicted molar refractivity (Wildman–Crippen MR) is 75.5 cm³/mol. The molecule has 0 radical (unpaired) electrons. The average Bonchev–Trinajstić information content (AvgIpc) is 2.30. The number of hydrogen-bond donors (Lipinski definition) is 1. The highest BCUT2D eigenvalue weighted by Crippen LogP contribution is 2.22. The van der Waals surface area contributed by atoms with Crippen molar-refractivity contribution >= 4 is 17.5 Å². The Bertz CT molecular complexity index is 429. The molecular weight excluding hydrogens is 266 g/mol. The molecule has 1 aromatic rings. The van der Waals surface area contributed by atoms with Crippen LogP contribution in [0.15, 0.2) is 24.3 Å². The van der Waals surface area contributed by atoms with Crippen LogP contribution in [-0.2, 0) is 4.79 Å². The van der Waals surface area contributed by atoms with E-state index in [1.165, 1.54) is 4.90 Å². The Morgan fingerprint density at radius 3 is 2.42 bits per heavy atom. The fourth-order valence-corrected chi connectivity index (χ4v) is 1.91. The molecule has 1 atom stereocenters. The minimum Gasteiger partial charge on any atom is -0.478 e. The van der Waals surface area contributed by atoms with Gasteiger partial charge in [-0.05, 0) is 45.0 Å². The molecule has 0 heterocycles. The van der Waals surface area contributed by atoms with Crippen molar-refractivity contribution in [1.82, 2.24) is 4.90 Å². The molecule has 1 rings (SSSR count). The Labute approximate surface area is 118 Å². The van der Waals surface area contributed by atoms with E-state index in [1.54, 1.807) is 52.1 Å². The number of benzene rings is 1. The van der Waals surface area contributed by atoms with Crippen LogP contribution in [0.25, 0.3) is 0 Å². The second-order valence-corrected chi connectivity index (χ2v) is 5.54. The normalized spacial score (nSPS) is 12.9. The average molecular weight is 286 g/mol. The minimum atomic E-state index is -1.00. The molecular formula is C14H20ClNO3. The van der Waals surface area contributed by atoms with E-state index in [0.29, 0.717) is 10.8 Å². The number of likely N-dealkylation sites (N-methyl/N-ethyl adjacent to an activating group) is 1. The summed E-state index contributed by atoms with van der Waals surface area (Å²) in [6.45, 7) is 5.30. The van der Waals surface area contributed by atoms with Crippen LogP contribution in [0, 0.1) is 0 Å². The Balaban J connectivity index is 2.74. The van der Waals surface area contributed by atoms with Gasteiger partial charge in [0.25, 0.3) is 5.91 Å². The number of halogens is 1. The predicted octanol–water partition coefficient (Wildman–Crippen LogP) is 2.34. The van der Waals surface area contributed by atoms with Crippen LogP contribution in [0.5, 0.6) is 5.75 Å². The molecule has 0 aliphatic carbocycles. The zero-order valence-corrected chi connectivity index (χ0v) is 12.4. The second-order valence-electron chi connectivity index (χ2n) is 5.10. The molecule has 0 aromatic heterocycles. The van der Waals surface area contributed by atoms with Gasteiger partial charge in [0.15, 0.2) is 5.60 Å². The molecule has 1 unspecified atom stereocenters. The van der Waals surface area contributed by atoms with Crippen LogP contribution in [0.3, 0.4) is 0 Å². The maximum absolute atomic E-state index is 12.2. The Morgan fingerprint density at radius 1 is 1.42 bits per heavy atom. The molecule has 0 fully saturated rings. The van der Waals surface area contributed by atoms with Crippen LogP contribution in [-0.4, -0.2) is 41.2 Å². The highest BCUT2D eigenvalue weighted by Gasteiger charge is 2.33. The number of hydrogen-bond acceptors (Lipinski definition) is 3. The van der Waals surface area contributed by atoms with Gasteiger partial charge in [0.05, 0.1) is 6.10 Å². The molecule has 1 N–H and O–H groups in total. The van der Waals surface area contributed by atoms with Crippen molar-refractivity contribution in [3.63, 3.8) is 0 Å². The van der Waals surface area contributed by atoms with Crippen molar-refractivity contribution in [2.45, 2.75) is 32.5 Å². The number of amides is 1. The van der Waals surface area contributed by atoms with Crippen LogP contribution in [0.1, 0.15) is 20.8 Å². The Kier molecular flexibility index (Phi) is 5.20. The first-order valence-corrected chi connectivity index (χ1v) is 6.48. The summed E-state index contributed by atoms with van der Waals surface area (Å²) in [6, 6.07) is 6.84. The van der Waals surface area contributed by atoms with Gasteiger partial charge in [0.2, 0.25) is 0 Å². The maximum Gasteiger partial charge on any atom is 0.266 e. The number of carbonyl (C=O) groups is 1. The number of nitrogens with zero attached hydrogens (tertiary/aromatic N) is 1. The molecule has 0 saturated heterocycles. The number of aliphatic hydroxyl groups is 1. The smallest absolute Gasteiger partial charge is 0.266 e. The fraction of sp³-hybridized carbons (Fsp3) is 0.500. The molecule has 1 amide bonds. The zero-order chi connectivity index (χ0) is 14.6. The summed E-state index contributed by atoms with van der Waals surface area (Å²) in [7, 11) is 1.64. The lowest BCUT2D eigenvalue weighted by molar-refractivity contribution is -0.145. The van der Waals surface area contributed by atoms with Crippen LogP contribution in [0.4, 0.5) is 0 Å². The largest absolute Gasteiger partial charge is 0.478 e. The third kappa shape index (κ3) is 4.73. The molecule has 0 bridgehead atoms. The number of carbonyl (C=O) groups excluding carboxylic acids is 1.